The minimum atomic E-state index is -4.13. The second-order valence-corrected chi connectivity index (χ2v) is 6.74. The Balaban J connectivity index is 0.00000133. The molecule has 5 heteroatoms. The van der Waals surface area contributed by atoms with E-state index in [0.717, 1.165) is 30.2 Å². The molecule has 2 aromatic rings. The molecule has 0 amide bonds. The van der Waals surface area contributed by atoms with Gasteiger partial charge in [-0.05, 0) is 30.9 Å². The molecule has 3 rings (SSSR count). The van der Waals surface area contributed by atoms with E-state index >= 15 is 0 Å². The molecule has 1 saturated carbocycles. The van der Waals surface area contributed by atoms with Gasteiger partial charge in [0.25, 0.3) is 0 Å². The van der Waals surface area contributed by atoms with Crippen molar-refractivity contribution < 1.29 is 25.6 Å². The summed E-state index contributed by atoms with van der Waals surface area (Å²) in [7, 11) is -1.68. The van der Waals surface area contributed by atoms with Gasteiger partial charge in [0.1, 0.15) is 0 Å². The van der Waals surface area contributed by atoms with E-state index in [0.29, 0.717) is 9.58 Å². The van der Waals surface area contributed by atoms with Crippen LogP contribution in [0.4, 0.5) is 13.2 Å². The molecule has 1 aromatic heterocycles. The number of alkyl halides is 3. The van der Waals surface area contributed by atoms with Crippen LogP contribution >= 0.6 is 10.5 Å². The normalized spacial score (nSPS) is 16.5. The number of aryl methyl sites for hydroxylation is 1. The van der Waals surface area contributed by atoms with E-state index in [1.807, 2.05) is 19.1 Å². The van der Waals surface area contributed by atoms with Gasteiger partial charge in [-0.1, -0.05) is 19.1 Å². The fourth-order valence-electron chi connectivity index (χ4n) is 2.48. The first-order chi connectivity index (χ1) is 8.52. The van der Waals surface area contributed by atoms with E-state index in [2.05, 4.69) is 0 Å². The van der Waals surface area contributed by atoms with Crippen molar-refractivity contribution in [1.82, 2.24) is 0 Å². The Morgan fingerprint density at radius 3 is 2.47 bits per heavy atom. The lowest BCUT2D eigenvalue weighted by Gasteiger charge is -1.99. The molecule has 1 unspecified atom stereocenters. The molecule has 0 nitrogen and oxygen atoms in total. The lowest BCUT2D eigenvalue weighted by molar-refractivity contribution is -0.0867. The highest BCUT2D eigenvalue weighted by atomic mass is 35.5. The molecule has 0 saturated heterocycles. The quantitative estimate of drug-likeness (QED) is 0.748. The molecule has 1 aliphatic carbocycles. The lowest BCUT2D eigenvalue weighted by Crippen LogP contribution is -3.00. The maximum Gasteiger partial charge on any atom is 0.600 e. The summed E-state index contributed by atoms with van der Waals surface area (Å²) in [5.74, 6) is 0.173. The third-order valence-electron chi connectivity index (χ3n) is 3.49. The highest BCUT2D eigenvalue weighted by Gasteiger charge is 2.51. The monoisotopic (exact) mass is 306 g/mol. The van der Waals surface area contributed by atoms with Crippen molar-refractivity contribution in [2.75, 3.05) is 0 Å². The lowest BCUT2D eigenvalue weighted by atomic mass is 10.1. The van der Waals surface area contributed by atoms with E-state index in [1.165, 1.54) is 0 Å². The summed E-state index contributed by atoms with van der Waals surface area (Å²) < 4.78 is 40.3. The van der Waals surface area contributed by atoms with Crippen molar-refractivity contribution in [3.8, 4) is 0 Å². The fourth-order valence-corrected chi connectivity index (χ4v) is 4.68. The minimum Gasteiger partial charge on any atom is -1.00 e. The molecule has 1 aromatic carbocycles. The Hall–Kier alpha value is -0.740. The predicted molar refractivity (Wildman–Crippen MR) is 69.1 cm³/mol. The Morgan fingerprint density at radius 1 is 1.26 bits per heavy atom. The predicted octanol–water partition coefficient (Wildman–Crippen LogP) is 2.51. The smallest absolute Gasteiger partial charge is 0.600 e. The van der Waals surface area contributed by atoms with Crippen LogP contribution in [0.3, 0.4) is 0 Å². The topological polar surface area (TPSA) is 0 Å². The largest absolute Gasteiger partial charge is 1.00 e. The number of rotatable bonds is 2. The second-order valence-electron chi connectivity index (χ2n) is 4.76. The minimum absolute atomic E-state index is 0. The third-order valence-corrected chi connectivity index (χ3v) is 5.67. The third kappa shape index (κ3) is 2.48. The summed E-state index contributed by atoms with van der Waals surface area (Å²) in [5.41, 5.74) is -3.10. The zero-order valence-electron chi connectivity index (χ0n) is 10.4. The summed E-state index contributed by atoms with van der Waals surface area (Å²) in [5, 5.41) is 0.836. The number of hydrogen-bond acceptors (Lipinski definition) is 0. The Kier molecular flexibility index (Phi) is 3.85. The van der Waals surface area contributed by atoms with Crippen LogP contribution in [0.5, 0.6) is 0 Å². The van der Waals surface area contributed by atoms with Crippen molar-refractivity contribution >= 4 is 20.6 Å². The molecule has 1 heterocycles. The van der Waals surface area contributed by atoms with Gasteiger partial charge in [-0.2, -0.15) is 0 Å². The number of fused-ring (bicyclic) bond motifs is 1. The van der Waals surface area contributed by atoms with Crippen molar-refractivity contribution in [2.45, 2.75) is 37.6 Å². The van der Waals surface area contributed by atoms with E-state index < -0.39 is 16.0 Å². The van der Waals surface area contributed by atoms with E-state index in [9.17, 15) is 13.2 Å². The Morgan fingerprint density at radius 2 is 1.95 bits per heavy atom. The van der Waals surface area contributed by atoms with E-state index in [1.54, 1.807) is 12.1 Å². The zero-order chi connectivity index (χ0) is 12.9. The van der Waals surface area contributed by atoms with Crippen LogP contribution < -0.4 is 12.4 Å². The van der Waals surface area contributed by atoms with Gasteiger partial charge >= 0.3 is 5.51 Å². The van der Waals surface area contributed by atoms with Crippen LogP contribution in [0.25, 0.3) is 10.1 Å². The maximum absolute atomic E-state index is 13.3. The molecule has 19 heavy (non-hydrogen) atoms. The van der Waals surface area contributed by atoms with Gasteiger partial charge in [0.15, 0.2) is 9.58 Å². The van der Waals surface area contributed by atoms with Crippen LogP contribution in [-0.4, -0.2) is 0 Å². The summed E-state index contributed by atoms with van der Waals surface area (Å²) in [4.78, 5) is 0.624. The summed E-state index contributed by atoms with van der Waals surface area (Å²) in [6.45, 7) is 1.99. The molecule has 0 bridgehead atoms. The van der Waals surface area contributed by atoms with Crippen LogP contribution in [-0.2, 0) is 11.9 Å². The first-order valence-corrected chi connectivity index (χ1v) is 7.39. The molecular weight excluding hydrogens is 293 g/mol. The fraction of sp³-hybridized carbons (Fsp3) is 0.429. The van der Waals surface area contributed by atoms with Crippen molar-refractivity contribution in [2.24, 2.45) is 0 Å². The molecule has 1 aliphatic rings. The van der Waals surface area contributed by atoms with E-state index in [4.69, 9.17) is 0 Å². The summed E-state index contributed by atoms with van der Waals surface area (Å²) in [6, 6.07) is 7.16. The van der Waals surface area contributed by atoms with Crippen LogP contribution in [0.15, 0.2) is 24.3 Å². The van der Waals surface area contributed by atoms with Crippen molar-refractivity contribution in [1.29, 1.82) is 0 Å². The number of hydrogen-bond donors (Lipinski definition) is 0. The average Bonchev–Trinajstić information content (AvgIpc) is 3.06. The Bertz CT molecular complexity index is 596. The molecule has 1 fully saturated rings. The molecule has 104 valence electrons. The summed E-state index contributed by atoms with van der Waals surface area (Å²) in [6.07, 6.45) is 2.62. The van der Waals surface area contributed by atoms with Gasteiger partial charge < -0.3 is 12.4 Å². The number of benzene rings is 1. The molecule has 0 aliphatic heterocycles. The summed E-state index contributed by atoms with van der Waals surface area (Å²) >= 11 is 0. The highest BCUT2D eigenvalue weighted by molar-refractivity contribution is 7.38. The van der Waals surface area contributed by atoms with Crippen molar-refractivity contribution in [3.05, 3.63) is 34.7 Å². The average molecular weight is 307 g/mol. The first-order valence-electron chi connectivity index (χ1n) is 6.17. The van der Waals surface area contributed by atoms with Crippen LogP contribution in [0.1, 0.15) is 36.1 Å². The van der Waals surface area contributed by atoms with Crippen LogP contribution in [0.2, 0.25) is 0 Å². The zero-order valence-corrected chi connectivity index (χ0v) is 12.0. The highest BCUT2D eigenvalue weighted by Crippen LogP contribution is 2.58. The van der Waals surface area contributed by atoms with Gasteiger partial charge in [0.05, 0.1) is 10.5 Å². The van der Waals surface area contributed by atoms with Gasteiger partial charge in [0, 0.05) is 17.4 Å². The van der Waals surface area contributed by atoms with Crippen LogP contribution in [0, 0.1) is 0 Å². The SMILES string of the molecule is CCc1cccc2c1cc(C1CC1)[s+]2C(F)(F)F.[Cl-]. The first kappa shape index (κ1) is 14.7. The molecule has 0 spiro atoms. The standard InChI is InChI=1S/C14H14F3S.ClH/c1-2-9-4-3-5-12-11(9)8-13(10-6-7-10)18(12)14(15,16)17;/h3-5,8,10H,2,6-7H2,1H3;1H/q+1;/p-1. The van der Waals surface area contributed by atoms with Gasteiger partial charge in [-0.15, -0.1) is 13.2 Å². The van der Waals surface area contributed by atoms with Gasteiger partial charge in [-0.3, -0.25) is 0 Å². The van der Waals surface area contributed by atoms with E-state index in [-0.39, 0.29) is 18.3 Å². The number of thiophene rings is 1. The second kappa shape index (κ2) is 4.98. The molecule has 0 radical (unpaired) electrons. The molecule has 0 N–H and O–H groups in total. The number of halogens is 4. The van der Waals surface area contributed by atoms with Gasteiger partial charge in [0.2, 0.25) is 0 Å². The Labute approximate surface area is 119 Å². The maximum atomic E-state index is 13.3. The molecule has 1 atom stereocenters. The van der Waals surface area contributed by atoms with Crippen molar-refractivity contribution in [3.63, 3.8) is 0 Å². The molecular formula is C14H14ClF3S. The van der Waals surface area contributed by atoms with Gasteiger partial charge in [-0.25, -0.2) is 0 Å².